The van der Waals surface area contributed by atoms with E-state index in [9.17, 15) is 28.1 Å². The summed E-state index contributed by atoms with van der Waals surface area (Å²) in [7, 11) is 0. The van der Waals surface area contributed by atoms with Gasteiger partial charge in [0.25, 0.3) is 5.43 Å². The maximum atomic E-state index is 12.0. The fraction of sp³-hybridized carbons (Fsp3) is 0.167. The Morgan fingerprint density at radius 3 is 2.36 bits per heavy atom. The second-order valence-electron chi connectivity index (χ2n) is 2.34. The maximum absolute atomic E-state index is 12.0. The van der Waals surface area contributed by atoms with Crippen LogP contribution in [0.2, 0.25) is 0 Å². The van der Waals surface area contributed by atoms with Crippen molar-refractivity contribution in [3.63, 3.8) is 0 Å². The minimum atomic E-state index is -4.89. The number of halogens is 3. The van der Waals surface area contributed by atoms with Gasteiger partial charge in [-0.1, -0.05) is 0 Å². The normalized spacial score (nSPS) is 11.4. The van der Waals surface area contributed by atoms with Crippen LogP contribution in [0.25, 0.3) is 0 Å². The molecular formula is C6H3F3N2O3. The van der Waals surface area contributed by atoms with E-state index in [4.69, 9.17) is 0 Å². The smallest absolute Gasteiger partial charge is 0.361 e. The lowest BCUT2D eigenvalue weighted by Crippen LogP contribution is -2.21. The first kappa shape index (κ1) is 10.2. The summed E-state index contributed by atoms with van der Waals surface area (Å²) < 4.78 is 36.1. The summed E-state index contributed by atoms with van der Waals surface area (Å²) in [5, 5.41) is 10.1. The second-order valence-corrected chi connectivity index (χ2v) is 2.34. The van der Waals surface area contributed by atoms with E-state index >= 15 is 0 Å². The monoisotopic (exact) mass is 208 g/mol. The largest absolute Gasteiger partial charge is 0.421 e. The number of hydrogen-bond donors (Lipinski definition) is 1. The minimum Gasteiger partial charge on any atom is -0.361 e. The molecule has 1 N–H and O–H groups in total. The standard InChI is InChI=1S/C6H3F3N2O3/c7-6(8,9)3-1-10-2-4(5(3)12)11(13)14/h1-2H,(H,10,12). The van der Waals surface area contributed by atoms with Crippen molar-refractivity contribution >= 4 is 5.69 Å². The zero-order chi connectivity index (χ0) is 10.9. The van der Waals surface area contributed by atoms with Crippen LogP contribution in [-0.2, 0) is 6.18 Å². The number of rotatable bonds is 1. The molecular weight excluding hydrogens is 205 g/mol. The molecule has 0 atom stereocenters. The Morgan fingerprint density at radius 1 is 1.36 bits per heavy atom. The molecule has 0 radical (unpaired) electrons. The number of nitrogens with one attached hydrogen (secondary N) is 1. The van der Waals surface area contributed by atoms with Gasteiger partial charge in [-0.2, -0.15) is 13.2 Å². The highest BCUT2D eigenvalue weighted by atomic mass is 19.4. The molecule has 0 fully saturated rings. The Kier molecular flexibility index (Phi) is 2.28. The quantitative estimate of drug-likeness (QED) is 0.558. The zero-order valence-electron chi connectivity index (χ0n) is 6.46. The Labute approximate surface area is 74.3 Å². The fourth-order valence-corrected chi connectivity index (χ4v) is 0.819. The van der Waals surface area contributed by atoms with Crippen LogP contribution < -0.4 is 5.43 Å². The molecule has 1 rings (SSSR count). The van der Waals surface area contributed by atoms with Gasteiger partial charge >= 0.3 is 11.9 Å². The van der Waals surface area contributed by atoms with Crippen LogP contribution in [0.15, 0.2) is 17.2 Å². The average Bonchev–Trinajstić information content (AvgIpc) is 2.01. The predicted molar refractivity (Wildman–Crippen MR) is 38.7 cm³/mol. The Morgan fingerprint density at radius 2 is 1.93 bits per heavy atom. The van der Waals surface area contributed by atoms with Crippen LogP contribution in [0.5, 0.6) is 0 Å². The second kappa shape index (κ2) is 3.13. The van der Waals surface area contributed by atoms with Crippen LogP contribution in [-0.4, -0.2) is 9.91 Å². The van der Waals surface area contributed by atoms with Crippen LogP contribution in [0, 0.1) is 10.1 Å². The first-order valence-corrected chi connectivity index (χ1v) is 3.26. The highest BCUT2D eigenvalue weighted by Gasteiger charge is 2.36. The van der Waals surface area contributed by atoms with Crippen LogP contribution in [0.4, 0.5) is 18.9 Å². The molecule has 0 spiro atoms. The Bertz CT molecular complexity index is 423. The number of nitrogens with zero attached hydrogens (tertiary/aromatic N) is 1. The van der Waals surface area contributed by atoms with E-state index in [1.807, 2.05) is 4.98 Å². The lowest BCUT2D eigenvalue weighted by atomic mass is 10.2. The Hall–Kier alpha value is -1.86. The van der Waals surface area contributed by atoms with Gasteiger partial charge in [-0.05, 0) is 0 Å². The van der Waals surface area contributed by atoms with E-state index < -0.39 is 27.8 Å². The third-order valence-corrected chi connectivity index (χ3v) is 1.43. The number of aromatic nitrogens is 1. The summed E-state index contributed by atoms with van der Waals surface area (Å²) in [5.41, 5.74) is -4.34. The van der Waals surface area contributed by atoms with Gasteiger partial charge in [0.1, 0.15) is 5.56 Å². The van der Waals surface area contributed by atoms with Crippen molar-refractivity contribution < 1.29 is 18.1 Å². The van der Waals surface area contributed by atoms with Gasteiger partial charge < -0.3 is 4.98 Å². The van der Waals surface area contributed by atoms with Crippen molar-refractivity contribution in [3.8, 4) is 0 Å². The van der Waals surface area contributed by atoms with Crippen LogP contribution in [0.3, 0.4) is 0 Å². The molecule has 0 aliphatic carbocycles. The summed E-state index contributed by atoms with van der Waals surface area (Å²) in [6.07, 6.45) is -3.90. The topological polar surface area (TPSA) is 76.0 Å². The third-order valence-electron chi connectivity index (χ3n) is 1.43. The van der Waals surface area contributed by atoms with Crippen LogP contribution >= 0.6 is 0 Å². The summed E-state index contributed by atoms with van der Waals surface area (Å²) in [5.74, 6) is 0. The molecule has 5 nitrogen and oxygen atoms in total. The van der Waals surface area contributed by atoms with Gasteiger partial charge in [0.15, 0.2) is 0 Å². The van der Waals surface area contributed by atoms with Gasteiger partial charge in [0.2, 0.25) is 0 Å². The van der Waals surface area contributed by atoms with Crippen molar-refractivity contribution in [1.82, 2.24) is 4.98 Å². The minimum absolute atomic E-state index is 0.384. The number of alkyl halides is 3. The van der Waals surface area contributed by atoms with Crippen molar-refractivity contribution in [2.75, 3.05) is 0 Å². The van der Waals surface area contributed by atoms with E-state index in [1.54, 1.807) is 0 Å². The summed E-state index contributed by atoms with van der Waals surface area (Å²) in [6.45, 7) is 0. The van der Waals surface area contributed by atoms with Crippen molar-refractivity contribution in [1.29, 1.82) is 0 Å². The molecule has 0 saturated heterocycles. The van der Waals surface area contributed by atoms with Crippen molar-refractivity contribution in [2.24, 2.45) is 0 Å². The molecule has 0 aliphatic rings. The molecule has 1 heterocycles. The summed E-state index contributed by atoms with van der Waals surface area (Å²) in [6, 6.07) is 0. The lowest BCUT2D eigenvalue weighted by Gasteiger charge is -2.03. The highest BCUT2D eigenvalue weighted by Crippen LogP contribution is 2.26. The number of pyridine rings is 1. The maximum Gasteiger partial charge on any atom is 0.421 e. The van der Waals surface area contributed by atoms with E-state index in [1.165, 1.54) is 0 Å². The van der Waals surface area contributed by atoms with Gasteiger partial charge in [-0.3, -0.25) is 14.9 Å². The summed E-state index contributed by atoms with van der Waals surface area (Å²) in [4.78, 5) is 21.7. The predicted octanol–water partition coefficient (Wildman–Crippen LogP) is 1.30. The molecule has 8 heteroatoms. The van der Waals surface area contributed by atoms with Crippen LogP contribution in [0.1, 0.15) is 5.56 Å². The summed E-state index contributed by atoms with van der Waals surface area (Å²) >= 11 is 0. The molecule has 0 amide bonds. The van der Waals surface area contributed by atoms with Gasteiger partial charge in [0.05, 0.1) is 11.1 Å². The van der Waals surface area contributed by atoms with E-state index in [-0.39, 0.29) is 0 Å². The van der Waals surface area contributed by atoms with E-state index in [0.29, 0.717) is 12.4 Å². The molecule has 0 bridgehead atoms. The molecule has 1 aromatic rings. The molecule has 0 aliphatic heterocycles. The third kappa shape index (κ3) is 1.73. The average molecular weight is 208 g/mol. The van der Waals surface area contributed by atoms with Gasteiger partial charge in [-0.25, -0.2) is 0 Å². The first-order valence-electron chi connectivity index (χ1n) is 3.26. The number of nitro groups is 1. The SMILES string of the molecule is O=c1c([N+](=O)[O-])c[nH]cc1C(F)(F)F. The van der Waals surface area contributed by atoms with Gasteiger partial charge in [0, 0.05) is 6.20 Å². The lowest BCUT2D eigenvalue weighted by molar-refractivity contribution is -0.386. The molecule has 0 saturated carbocycles. The van der Waals surface area contributed by atoms with Crippen molar-refractivity contribution in [3.05, 3.63) is 38.3 Å². The molecule has 0 aromatic carbocycles. The molecule has 1 aromatic heterocycles. The molecule has 14 heavy (non-hydrogen) atoms. The highest BCUT2D eigenvalue weighted by molar-refractivity contribution is 5.31. The number of H-pyrrole nitrogens is 1. The first-order chi connectivity index (χ1) is 6.34. The fourth-order valence-electron chi connectivity index (χ4n) is 0.819. The van der Waals surface area contributed by atoms with E-state index in [0.717, 1.165) is 0 Å². The molecule has 0 unspecified atom stereocenters. The number of aromatic amines is 1. The number of hydrogen-bond acceptors (Lipinski definition) is 3. The van der Waals surface area contributed by atoms with Gasteiger partial charge in [-0.15, -0.1) is 0 Å². The molecule has 76 valence electrons. The van der Waals surface area contributed by atoms with Crippen molar-refractivity contribution in [2.45, 2.75) is 6.18 Å². The van der Waals surface area contributed by atoms with E-state index in [2.05, 4.69) is 0 Å². The Balaban J connectivity index is 3.44. The zero-order valence-corrected chi connectivity index (χ0v) is 6.46.